The van der Waals surface area contributed by atoms with Crippen LogP contribution in [-0.2, 0) is 11.3 Å². The van der Waals surface area contributed by atoms with E-state index in [0.717, 1.165) is 54.8 Å². The number of benzene rings is 2. The lowest BCUT2D eigenvalue weighted by Crippen LogP contribution is -2.56. The first kappa shape index (κ1) is 15.5. The van der Waals surface area contributed by atoms with Crippen LogP contribution in [-0.4, -0.2) is 24.6 Å². The third-order valence-corrected chi connectivity index (χ3v) is 4.94. The Morgan fingerprint density at radius 1 is 1.08 bits per heavy atom. The molecule has 1 saturated heterocycles. The van der Waals surface area contributed by atoms with Crippen molar-refractivity contribution in [3.8, 4) is 0 Å². The van der Waals surface area contributed by atoms with Crippen LogP contribution in [0, 0.1) is 0 Å². The van der Waals surface area contributed by atoms with Crippen LogP contribution in [0.25, 0.3) is 0 Å². The summed E-state index contributed by atoms with van der Waals surface area (Å²) >= 11 is 5.97. The number of hydrogen-bond acceptors (Lipinski definition) is 4. The van der Waals surface area contributed by atoms with E-state index in [9.17, 15) is 0 Å². The van der Waals surface area contributed by atoms with Crippen molar-refractivity contribution >= 4 is 28.8 Å². The van der Waals surface area contributed by atoms with Crippen molar-refractivity contribution < 1.29 is 4.74 Å². The van der Waals surface area contributed by atoms with Crippen molar-refractivity contribution in [1.82, 2.24) is 5.32 Å². The number of fused-ring (bicyclic) bond motifs is 1. The summed E-state index contributed by atoms with van der Waals surface area (Å²) in [6.45, 7) is 2.22. The van der Waals surface area contributed by atoms with Crippen LogP contribution in [0.4, 0.5) is 11.4 Å². The normalized spacial score (nSPS) is 18.5. The number of nitrogens with one attached hydrogen (secondary N) is 2. The molecule has 2 aliphatic rings. The topological polar surface area (TPSA) is 45.7 Å². The van der Waals surface area contributed by atoms with E-state index in [1.54, 1.807) is 0 Å². The minimum absolute atomic E-state index is 0.168. The van der Waals surface area contributed by atoms with Gasteiger partial charge in [-0.25, -0.2) is 4.99 Å². The Morgan fingerprint density at radius 3 is 2.62 bits per heavy atom. The van der Waals surface area contributed by atoms with E-state index in [4.69, 9.17) is 21.3 Å². The highest BCUT2D eigenvalue weighted by atomic mass is 35.5. The smallest absolute Gasteiger partial charge is 0.129 e. The number of amidine groups is 1. The summed E-state index contributed by atoms with van der Waals surface area (Å²) in [7, 11) is 0. The van der Waals surface area contributed by atoms with Gasteiger partial charge in [0.25, 0.3) is 0 Å². The number of halogens is 1. The Kier molecular flexibility index (Phi) is 4.17. The van der Waals surface area contributed by atoms with Gasteiger partial charge in [0.15, 0.2) is 0 Å². The second-order valence-corrected chi connectivity index (χ2v) is 6.71. The van der Waals surface area contributed by atoms with Crippen molar-refractivity contribution in [2.45, 2.75) is 24.9 Å². The lowest BCUT2D eigenvalue weighted by Gasteiger charge is -2.42. The van der Waals surface area contributed by atoms with Gasteiger partial charge in [0.05, 0.1) is 16.9 Å². The number of ether oxygens (including phenoxy) is 1. The van der Waals surface area contributed by atoms with Crippen LogP contribution in [0.2, 0.25) is 5.02 Å². The largest absolute Gasteiger partial charge is 0.381 e. The number of rotatable bonds is 2. The van der Waals surface area contributed by atoms with E-state index in [2.05, 4.69) is 16.7 Å². The second-order valence-electron chi connectivity index (χ2n) is 6.28. The molecule has 5 heteroatoms. The van der Waals surface area contributed by atoms with Gasteiger partial charge in [0.1, 0.15) is 5.84 Å². The molecule has 124 valence electrons. The molecule has 0 amide bonds. The van der Waals surface area contributed by atoms with E-state index >= 15 is 0 Å². The van der Waals surface area contributed by atoms with Crippen LogP contribution >= 0.6 is 11.6 Å². The quantitative estimate of drug-likeness (QED) is 0.863. The molecule has 1 fully saturated rings. The maximum absolute atomic E-state index is 5.97. The molecule has 2 heterocycles. The van der Waals surface area contributed by atoms with E-state index in [0.29, 0.717) is 0 Å². The summed E-state index contributed by atoms with van der Waals surface area (Å²) in [5.41, 5.74) is 3.09. The fourth-order valence-corrected chi connectivity index (χ4v) is 3.43. The summed E-state index contributed by atoms with van der Waals surface area (Å²) < 4.78 is 5.57. The number of nitrogens with zero attached hydrogens (tertiary/aromatic N) is 1. The average molecular weight is 342 g/mol. The Hall–Kier alpha value is -2.04. The van der Waals surface area contributed by atoms with Gasteiger partial charge in [-0.2, -0.15) is 0 Å². The third kappa shape index (κ3) is 2.99. The Labute approximate surface area is 146 Å². The molecule has 4 nitrogen and oxygen atoms in total. The SMILES string of the molecule is Clc1ccc(CNC2=Nc3ccccc3NC23CCOCC3)cc1. The van der Waals surface area contributed by atoms with Crippen molar-refractivity contribution in [3.05, 3.63) is 59.1 Å². The van der Waals surface area contributed by atoms with Gasteiger partial charge >= 0.3 is 0 Å². The number of anilines is 1. The fourth-order valence-electron chi connectivity index (χ4n) is 3.30. The lowest BCUT2D eigenvalue weighted by atomic mass is 9.86. The van der Waals surface area contributed by atoms with Crippen LogP contribution in [0.1, 0.15) is 18.4 Å². The summed E-state index contributed by atoms with van der Waals surface area (Å²) in [5.74, 6) is 0.999. The van der Waals surface area contributed by atoms with Crippen molar-refractivity contribution in [1.29, 1.82) is 0 Å². The standard InChI is InChI=1S/C19H20ClN3O/c20-15-7-5-14(6-8-15)13-21-18-19(9-11-24-12-10-19)23-17-4-2-1-3-16(17)22-18/h1-8,23H,9-13H2,(H,21,22). The van der Waals surface area contributed by atoms with E-state index in [-0.39, 0.29) is 5.54 Å². The Bertz CT molecular complexity index is 751. The minimum atomic E-state index is -0.168. The number of hydrogen-bond donors (Lipinski definition) is 2. The molecule has 0 atom stereocenters. The van der Waals surface area contributed by atoms with Gasteiger partial charge in [-0.3, -0.25) is 0 Å². The molecule has 4 rings (SSSR count). The van der Waals surface area contributed by atoms with Gasteiger partial charge in [0, 0.05) is 37.6 Å². The van der Waals surface area contributed by atoms with Gasteiger partial charge in [-0.05, 0) is 29.8 Å². The zero-order chi connectivity index (χ0) is 16.4. The molecule has 0 unspecified atom stereocenters. The highest BCUT2D eigenvalue weighted by Gasteiger charge is 2.40. The molecule has 1 spiro atoms. The Morgan fingerprint density at radius 2 is 1.83 bits per heavy atom. The maximum Gasteiger partial charge on any atom is 0.129 e. The second kappa shape index (κ2) is 6.46. The fraction of sp³-hybridized carbons (Fsp3) is 0.316. The van der Waals surface area contributed by atoms with E-state index in [1.165, 1.54) is 5.56 Å². The molecule has 0 saturated carbocycles. The zero-order valence-corrected chi connectivity index (χ0v) is 14.1. The summed E-state index contributed by atoms with van der Waals surface area (Å²) in [6, 6.07) is 16.1. The Balaban J connectivity index is 1.61. The summed E-state index contributed by atoms with van der Waals surface area (Å²) in [6.07, 6.45) is 1.82. The molecule has 0 bridgehead atoms. The summed E-state index contributed by atoms with van der Waals surface area (Å²) in [5, 5.41) is 8.02. The van der Waals surface area contributed by atoms with Crippen molar-refractivity contribution in [2.75, 3.05) is 18.5 Å². The highest BCUT2D eigenvalue weighted by Crippen LogP contribution is 2.37. The maximum atomic E-state index is 5.97. The predicted molar refractivity (Wildman–Crippen MR) is 98.2 cm³/mol. The van der Waals surface area contributed by atoms with Gasteiger partial charge in [-0.15, -0.1) is 0 Å². The van der Waals surface area contributed by atoms with Crippen LogP contribution < -0.4 is 10.6 Å². The third-order valence-electron chi connectivity index (χ3n) is 4.68. The predicted octanol–water partition coefficient (Wildman–Crippen LogP) is 4.13. The number of para-hydroxylation sites is 2. The summed E-state index contributed by atoms with van der Waals surface area (Å²) in [4.78, 5) is 4.92. The molecule has 2 aliphatic heterocycles. The first-order valence-corrected chi connectivity index (χ1v) is 8.65. The lowest BCUT2D eigenvalue weighted by molar-refractivity contribution is 0.0771. The first-order chi connectivity index (χ1) is 11.8. The van der Waals surface area contributed by atoms with Crippen LogP contribution in [0.15, 0.2) is 53.5 Å². The molecule has 0 radical (unpaired) electrons. The van der Waals surface area contributed by atoms with Gasteiger partial charge in [0.2, 0.25) is 0 Å². The molecule has 0 aliphatic carbocycles. The molecule has 2 N–H and O–H groups in total. The van der Waals surface area contributed by atoms with Crippen molar-refractivity contribution in [3.63, 3.8) is 0 Å². The van der Waals surface area contributed by atoms with Crippen molar-refractivity contribution in [2.24, 2.45) is 4.99 Å². The van der Waals surface area contributed by atoms with E-state index in [1.807, 2.05) is 42.5 Å². The van der Waals surface area contributed by atoms with Crippen LogP contribution in [0.3, 0.4) is 0 Å². The number of aliphatic imine (C=N–C) groups is 1. The molecule has 24 heavy (non-hydrogen) atoms. The van der Waals surface area contributed by atoms with Crippen LogP contribution in [0.5, 0.6) is 0 Å². The van der Waals surface area contributed by atoms with Gasteiger partial charge in [-0.1, -0.05) is 35.9 Å². The molecular formula is C19H20ClN3O. The monoisotopic (exact) mass is 341 g/mol. The van der Waals surface area contributed by atoms with Gasteiger partial charge < -0.3 is 15.4 Å². The molecule has 2 aromatic rings. The molecule has 0 aromatic heterocycles. The van der Waals surface area contributed by atoms with E-state index < -0.39 is 0 Å². The zero-order valence-electron chi connectivity index (χ0n) is 13.4. The highest BCUT2D eigenvalue weighted by molar-refractivity contribution is 6.30. The molecule has 2 aromatic carbocycles. The molecular weight excluding hydrogens is 322 g/mol. The average Bonchev–Trinajstić information content (AvgIpc) is 2.62. The minimum Gasteiger partial charge on any atom is -0.381 e. The first-order valence-electron chi connectivity index (χ1n) is 8.28.